The molecule has 0 N–H and O–H groups in total. The zero-order valence-corrected chi connectivity index (χ0v) is 10.0. The predicted molar refractivity (Wildman–Crippen MR) is 69.2 cm³/mol. The van der Waals surface area contributed by atoms with Crippen LogP contribution in [0, 0.1) is 0 Å². The van der Waals surface area contributed by atoms with Crippen molar-refractivity contribution in [3.05, 3.63) is 71.8 Å². The van der Waals surface area contributed by atoms with Crippen molar-refractivity contribution in [2.24, 2.45) is 0 Å². The molecule has 2 nitrogen and oxygen atoms in total. The molecule has 0 fully saturated rings. The van der Waals surface area contributed by atoms with Gasteiger partial charge in [0, 0.05) is 0 Å². The van der Waals surface area contributed by atoms with Gasteiger partial charge in [-0.25, -0.2) is 0 Å². The molecule has 0 spiro atoms. The van der Waals surface area contributed by atoms with Crippen LogP contribution in [0.3, 0.4) is 0 Å². The number of hydrogen-bond acceptors (Lipinski definition) is 2. The van der Waals surface area contributed by atoms with E-state index < -0.39 is 0 Å². The molecule has 0 saturated carbocycles. The summed E-state index contributed by atoms with van der Waals surface area (Å²) in [5, 5.41) is 0. The van der Waals surface area contributed by atoms with Gasteiger partial charge in [-0.15, -0.1) is 24.3 Å². The summed E-state index contributed by atoms with van der Waals surface area (Å²) < 4.78 is 0. The van der Waals surface area contributed by atoms with Gasteiger partial charge >= 0.3 is 17.1 Å². The topological polar surface area (TPSA) is 34.1 Å². The second-order valence-corrected chi connectivity index (χ2v) is 2.94. The van der Waals surface area contributed by atoms with E-state index in [2.05, 4.69) is 0 Å². The molecule has 2 aromatic carbocycles. The van der Waals surface area contributed by atoms with Crippen molar-refractivity contribution in [1.29, 1.82) is 0 Å². The van der Waals surface area contributed by atoms with Crippen LogP contribution in [-0.4, -0.2) is 12.6 Å². The van der Waals surface area contributed by atoms with Gasteiger partial charge in [0.1, 0.15) is 0 Å². The summed E-state index contributed by atoms with van der Waals surface area (Å²) in [6.07, 6.45) is 3.55. The van der Waals surface area contributed by atoms with Crippen molar-refractivity contribution in [2.75, 3.05) is 0 Å². The van der Waals surface area contributed by atoms with Crippen LogP contribution in [0.5, 0.6) is 0 Å². The normalized spacial score (nSPS) is 7.56. The number of rotatable bonds is 2. The second kappa shape index (κ2) is 11.8. The molecule has 0 heterocycles. The zero-order chi connectivity index (χ0) is 11.6. The average molecular weight is 282 g/mol. The maximum absolute atomic E-state index is 9.88. The number of carbonyl (C=O) groups excluding carboxylic acids is 2. The first-order chi connectivity index (χ1) is 7.86. The van der Waals surface area contributed by atoms with E-state index in [0.717, 1.165) is 0 Å². The SMILES string of the molecule is C.O=[C-]c1ccccc1.O=[C-]c1ccccc1.[Fe+2]. The maximum Gasteiger partial charge on any atom is 2.00 e. The van der Waals surface area contributed by atoms with Crippen molar-refractivity contribution in [3.8, 4) is 0 Å². The third-order valence-electron chi connectivity index (χ3n) is 1.78. The Morgan fingerprint density at radius 3 is 1.06 bits per heavy atom. The summed E-state index contributed by atoms with van der Waals surface area (Å²) in [6.45, 7) is 0. The quantitative estimate of drug-likeness (QED) is 0.627. The minimum atomic E-state index is 0. The summed E-state index contributed by atoms with van der Waals surface area (Å²) in [5.41, 5.74) is 1.21. The Balaban J connectivity index is 0. The van der Waals surface area contributed by atoms with E-state index in [1.807, 2.05) is 12.1 Å². The zero-order valence-electron chi connectivity index (χ0n) is 8.94. The van der Waals surface area contributed by atoms with Gasteiger partial charge in [0.2, 0.25) is 0 Å². The average Bonchev–Trinajstić information content (AvgIpc) is 2.41. The third kappa shape index (κ3) is 7.55. The van der Waals surface area contributed by atoms with Crippen molar-refractivity contribution in [2.45, 2.75) is 7.43 Å². The molecule has 0 aliphatic carbocycles. The molecule has 0 bridgehead atoms. The van der Waals surface area contributed by atoms with Crippen molar-refractivity contribution in [1.82, 2.24) is 0 Å². The molecule has 2 rings (SSSR count). The van der Waals surface area contributed by atoms with Gasteiger partial charge in [-0.3, -0.25) is 0 Å². The van der Waals surface area contributed by atoms with Gasteiger partial charge in [0.25, 0.3) is 0 Å². The molecule has 94 valence electrons. The van der Waals surface area contributed by atoms with Gasteiger partial charge in [-0.1, -0.05) is 19.6 Å². The standard InChI is InChI=1S/2C7H5O.CH4.Fe/c2*8-6-7-4-2-1-3-5-7;;/h2*1-5H;1H4;/q2*-1;;+2. The Morgan fingerprint density at radius 1 is 0.611 bits per heavy atom. The van der Waals surface area contributed by atoms with Gasteiger partial charge in [-0.05, 0) is 0 Å². The summed E-state index contributed by atoms with van der Waals surface area (Å²) in [5.74, 6) is 0. The fourth-order valence-electron chi connectivity index (χ4n) is 1.01. The van der Waals surface area contributed by atoms with Crippen molar-refractivity contribution >= 4 is 12.6 Å². The van der Waals surface area contributed by atoms with Crippen molar-refractivity contribution in [3.63, 3.8) is 0 Å². The number of benzene rings is 2. The van der Waals surface area contributed by atoms with Crippen LogP contribution in [0.4, 0.5) is 0 Å². The molecule has 0 aliphatic heterocycles. The Morgan fingerprint density at radius 2 is 0.889 bits per heavy atom. The van der Waals surface area contributed by atoms with Crippen LogP contribution < -0.4 is 0 Å². The first-order valence-corrected chi connectivity index (χ1v) is 4.73. The van der Waals surface area contributed by atoms with E-state index in [1.54, 1.807) is 61.1 Å². The smallest absolute Gasteiger partial charge is 0.376 e. The minimum absolute atomic E-state index is 0. The van der Waals surface area contributed by atoms with E-state index in [1.165, 1.54) is 0 Å². The summed E-state index contributed by atoms with van der Waals surface area (Å²) >= 11 is 0. The van der Waals surface area contributed by atoms with E-state index in [-0.39, 0.29) is 24.5 Å². The molecule has 3 heteroatoms. The van der Waals surface area contributed by atoms with E-state index >= 15 is 0 Å². The minimum Gasteiger partial charge on any atom is -0.376 e. The molecule has 2 aromatic rings. The molecular formula is C15H14FeO2. The summed E-state index contributed by atoms with van der Waals surface area (Å²) in [6, 6.07) is 17.8. The van der Waals surface area contributed by atoms with Crippen LogP contribution in [0.1, 0.15) is 18.6 Å². The first-order valence-electron chi connectivity index (χ1n) is 4.73. The van der Waals surface area contributed by atoms with Gasteiger partial charge in [0.15, 0.2) is 0 Å². The van der Waals surface area contributed by atoms with E-state index in [9.17, 15) is 9.59 Å². The Kier molecular flexibility index (Phi) is 12.2. The second-order valence-electron chi connectivity index (χ2n) is 2.94. The van der Waals surface area contributed by atoms with Crippen LogP contribution in [0.25, 0.3) is 0 Å². The Bertz CT molecular complexity index is 383. The molecule has 0 atom stereocenters. The summed E-state index contributed by atoms with van der Waals surface area (Å²) in [4.78, 5) is 19.8. The van der Waals surface area contributed by atoms with Crippen LogP contribution >= 0.6 is 0 Å². The molecule has 0 amide bonds. The van der Waals surface area contributed by atoms with Crippen LogP contribution in [-0.2, 0) is 26.7 Å². The molecule has 18 heavy (non-hydrogen) atoms. The third-order valence-corrected chi connectivity index (χ3v) is 1.78. The largest absolute Gasteiger partial charge is 2.00 e. The fraction of sp³-hybridized carbons (Fsp3) is 0.0667. The van der Waals surface area contributed by atoms with Gasteiger partial charge < -0.3 is 9.59 Å². The molecule has 0 radical (unpaired) electrons. The Labute approximate surface area is 119 Å². The molecular weight excluding hydrogens is 268 g/mol. The molecule has 0 unspecified atom stereocenters. The predicted octanol–water partition coefficient (Wildman–Crippen LogP) is 2.92. The molecule has 0 aliphatic rings. The Hall–Kier alpha value is -1.70. The van der Waals surface area contributed by atoms with Gasteiger partial charge in [0.05, 0.1) is 12.6 Å². The van der Waals surface area contributed by atoms with E-state index in [0.29, 0.717) is 11.1 Å². The molecule has 0 aromatic heterocycles. The molecule has 0 saturated heterocycles. The fourth-order valence-corrected chi connectivity index (χ4v) is 1.01. The number of hydrogen-bond donors (Lipinski definition) is 0. The monoisotopic (exact) mass is 282 g/mol. The van der Waals surface area contributed by atoms with Crippen LogP contribution in [0.15, 0.2) is 60.7 Å². The van der Waals surface area contributed by atoms with E-state index in [4.69, 9.17) is 0 Å². The van der Waals surface area contributed by atoms with Crippen molar-refractivity contribution < 1.29 is 26.7 Å². The maximum atomic E-state index is 9.88. The van der Waals surface area contributed by atoms with Gasteiger partial charge in [-0.2, -0.15) is 35.4 Å². The summed E-state index contributed by atoms with van der Waals surface area (Å²) in [7, 11) is 0. The first kappa shape index (κ1) is 18.7. The van der Waals surface area contributed by atoms with Crippen LogP contribution in [0.2, 0.25) is 0 Å².